The zero-order valence-corrected chi connectivity index (χ0v) is 18.8. The Hall–Kier alpha value is -4.22. The molecule has 0 aliphatic rings. The molecule has 0 saturated carbocycles. The molecule has 1 unspecified atom stereocenters. The lowest BCUT2D eigenvalue weighted by atomic mass is 10.0. The number of aliphatic imine (C=N–C) groups is 1. The molecule has 4 rings (SSSR count). The summed E-state index contributed by atoms with van der Waals surface area (Å²) in [5.41, 5.74) is 3.73. The van der Waals surface area contributed by atoms with E-state index in [1.807, 2.05) is 54.9 Å². The smallest absolute Gasteiger partial charge is 0.209 e. The molecule has 1 atom stereocenters. The summed E-state index contributed by atoms with van der Waals surface area (Å²) < 4.78 is 6.28. The van der Waals surface area contributed by atoms with Crippen molar-refractivity contribution < 1.29 is 4.74 Å². The summed E-state index contributed by atoms with van der Waals surface area (Å²) in [5, 5.41) is 17.4. The first-order valence-electron chi connectivity index (χ1n) is 10.3. The second-order valence-electron chi connectivity index (χ2n) is 7.06. The molecule has 164 valence electrons. The van der Waals surface area contributed by atoms with Gasteiger partial charge in [-0.2, -0.15) is 5.26 Å². The topological polar surface area (TPSA) is 95.2 Å². The number of thiazole rings is 1. The molecule has 0 amide bonds. The van der Waals surface area contributed by atoms with Crippen molar-refractivity contribution in [1.29, 1.82) is 5.26 Å². The van der Waals surface area contributed by atoms with E-state index in [-0.39, 0.29) is 6.10 Å². The highest BCUT2D eigenvalue weighted by Gasteiger charge is 2.15. The Morgan fingerprint density at radius 1 is 1.09 bits per heavy atom. The summed E-state index contributed by atoms with van der Waals surface area (Å²) >= 11 is 1.53. The van der Waals surface area contributed by atoms with E-state index in [2.05, 4.69) is 43.8 Å². The predicted octanol–water partition coefficient (Wildman–Crippen LogP) is 5.38. The lowest BCUT2D eigenvalue weighted by molar-refractivity contribution is 0.227. The number of pyridine rings is 1. The molecule has 0 radical (unpaired) electrons. The molecule has 0 aliphatic carbocycles. The van der Waals surface area contributed by atoms with Crippen molar-refractivity contribution in [2.24, 2.45) is 4.99 Å². The number of nitrogens with one attached hydrogen (secondary N) is 2. The average molecular weight is 455 g/mol. The fourth-order valence-electron chi connectivity index (χ4n) is 3.14. The van der Waals surface area contributed by atoms with Crippen molar-refractivity contribution >= 4 is 23.0 Å². The van der Waals surface area contributed by atoms with Crippen LogP contribution in [0.1, 0.15) is 23.7 Å². The maximum Gasteiger partial charge on any atom is 0.209 e. The van der Waals surface area contributed by atoms with Gasteiger partial charge in [-0.3, -0.25) is 10.3 Å². The number of benzene rings is 2. The Balaban J connectivity index is 1.44. The fraction of sp³-hybridized carbons (Fsp3) is 0.120. The Labute approximate surface area is 196 Å². The molecule has 0 bridgehead atoms. The zero-order chi connectivity index (χ0) is 22.9. The minimum atomic E-state index is -0.218. The molecule has 2 N–H and O–H groups in total. The van der Waals surface area contributed by atoms with Crippen LogP contribution in [-0.4, -0.2) is 15.9 Å². The maximum absolute atomic E-state index is 9.01. The summed E-state index contributed by atoms with van der Waals surface area (Å²) in [5.74, 6) is 1.16. The van der Waals surface area contributed by atoms with E-state index in [0.717, 1.165) is 33.3 Å². The molecule has 7 nitrogen and oxygen atoms in total. The summed E-state index contributed by atoms with van der Waals surface area (Å²) in [6.45, 7) is 2.31. The normalized spacial score (nSPS) is 11.9. The molecular formula is C25H22N6OS. The van der Waals surface area contributed by atoms with Gasteiger partial charge in [-0.15, -0.1) is 11.3 Å². The van der Waals surface area contributed by atoms with Gasteiger partial charge in [0.15, 0.2) is 6.19 Å². The number of rotatable bonds is 7. The molecule has 0 spiro atoms. The lowest BCUT2D eigenvalue weighted by Gasteiger charge is -2.16. The molecule has 0 aliphatic heterocycles. The van der Waals surface area contributed by atoms with E-state index in [9.17, 15) is 0 Å². The van der Waals surface area contributed by atoms with Crippen LogP contribution in [0.15, 0.2) is 89.5 Å². The van der Waals surface area contributed by atoms with E-state index in [0.29, 0.717) is 12.5 Å². The third kappa shape index (κ3) is 5.93. The van der Waals surface area contributed by atoms with E-state index in [4.69, 9.17) is 10.00 Å². The quantitative estimate of drug-likeness (QED) is 0.168. The van der Waals surface area contributed by atoms with E-state index >= 15 is 0 Å². The molecule has 2 aromatic heterocycles. The number of nitrogens with zero attached hydrogens (tertiary/aromatic N) is 4. The highest BCUT2D eigenvalue weighted by molar-refractivity contribution is 7.09. The molecule has 2 heterocycles. The van der Waals surface area contributed by atoms with Gasteiger partial charge in [-0.1, -0.05) is 48.5 Å². The van der Waals surface area contributed by atoms with Crippen LogP contribution in [0.4, 0.5) is 5.69 Å². The van der Waals surface area contributed by atoms with E-state index in [1.165, 1.54) is 11.3 Å². The molecule has 2 aromatic carbocycles. The van der Waals surface area contributed by atoms with Gasteiger partial charge in [0.05, 0.1) is 12.2 Å². The summed E-state index contributed by atoms with van der Waals surface area (Å²) in [7, 11) is 0. The maximum atomic E-state index is 9.01. The van der Waals surface area contributed by atoms with Gasteiger partial charge in [0, 0.05) is 29.0 Å². The van der Waals surface area contributed by atoms with Crippen molar-refractivity contribution in [2.75, 3.05) is 5.32 Å². The standard InChI is InChI=1S/C25H22N6OS/c1-18(32-23-10-6-5-9-22(23)19-7-3-2-4-8-19)24-30-21(16-33-24)15-28-25(29-17-26)31-20-11-13-27-14-12-20/h2-14,16,18H,15H2,1H3,(H2,27,28,29,31). The van der Waals surface area contributed by atoms with Gasteiger partial charge >= 0.3 is 0 Å². The van der Waals surface area contributed by atoms with E-state index < -0.39 is 0 Å². The van der Waals surface area contributed by atoms with Gasteiger partial charge in [0.25, 0.3) is 0 Å². The van der Waals surface area contributed by atoms with Crippen LogP contribution in [0, 0.1) is 11.5 Å². The van der Waals surface area contributed by atoms with Crippen molar-refractivity contribution in [3.8, 4) is 23.1 Å². The summed E-state index contributed by atoms with van der Waals surface area (Å²) in [6, 6.07) is 21.8. The third-order valence-corrected chi connectivity index (χ3v) is 5.76. The minimum absolute atomic E-state index is 0.218. The zero-order valence-electron chi connectivity index (χ0n) is 18.0. The Bertz CT molecular complexity index is 1250. The highest BCUT2D eigenvalue weighted by Crippen LogP contribution is 2.33. The number of nitriles is 1. The number of anilines is 1. The highest BCUT2D eigenvalue weighted by atomic mass is 32.1. The van der Waals surface area contributed by atoms with Crippen LogP contribution in [0.5, 0.6) is 5.75 Å². The number of aromatic nitrogens is 2. The van der Waals surface area contributed by atoms with Crippen molar-refractivity contribution in [2.45, 2.75) is 19.6 Å². The first-order chi connectivity index (χ1) is 16.2. The van der Waals surface area contributed by atoms with Crippen LogP contribution in [0.25, 0.3) is 11.1 Å². The molecule has 0 fully saturated rings. The number of ether oxygens (including phenoxy) is 1. The predicted molar refractivity (Wildman–Crippen MR) is 131 cm³/mol. The van der Waals surface area contributed by atoms with Crippen molar-refractivity contribution in [1.82, 2.24) is 15.3 Å². The van der Waals surface area contributed by atoms with Gasteiger partial charge in [0.2, 0.25) is 5.96 Å². The number of guanidine groups is 1. The first kappa shape index (κ1) is 22.0. The largest absolute Gasteiger partial charge is 0.483 e. The summed E-state index contributed by atoms with van der Waals surface area (Å²) in [6.07, 6.45) is 5.00. The Morgan fingerprint density at radius 2 is 1.85 bits per heavy atom. The molecule has 4 aromatic rings. The second kappa shape index (κ2) is 10.9. The first-order valence-corrected chi connectivity index (χ1v) is 11.2. The monoisotopic (exact) mass is 454 g/mol. The lowest BCUT2D eigenvalue weighted by Crippen LogP contribution is -2.26. The van der Waals surface area contributed by atoms with Crippen molar-refractivity contribution in [3.05, 3.63) is 95.2 Å². The number of hydrogen-bond acceptors (Lipinski definition) is 6. The van der Waals surface area contributed by atoms with Crippen LogP contribution < -0.4 is 15.4 Å². The van der Waals surface area contributed by atoms with Gasteiger partial charge in [-0.05, 0) is 30.7 Å². The number of para-hydroxylation sites is 1. The van der Waals surface area contributed by atoms with Gasteiger partial charge < -0.3 is 10.1 Å². The average Bonchev–Trinajstić information content (AvgIpc) is 3.34. The molecule has 0 saturated heterocycles. The minimum Gasteiger partial charge on any atom is -0.483 e. The summed E-state index contributed by atoms with van der Waals surface area (Å²) in [4.78, 5) is 13.1. The van der Waals surface area contributed by atoms with Gasteiger partial charge in [-0.25, -0.2) is 9.98 Å². The SMILES string of the molecule is CC(Oc1ccccc1-c1ccccc1)c1nc(CN=C(NC#N)Nc2ccncc2)cs1. The Morgan fingerprint density at radius 3 is 2.64 bits per heavy atom. The third-order valence-electron chi connectivity index (χ3n) is 4.71. The second-order valence-corrected chi connectivity index (χ2v) is 7.95. The fourth-order valence-corrected chi connectivity index (χ4v) is 3.94. The number of hydrogen-bond donors (Lipinski definition) is 2. The van der Waals surface area contributed by atoms with Crippen LogP contribution >= 0.6 is 11.3 Å². The molecule has 8 heteroatoms. The van der Waals surface area contributed by atoms with Crippen LogP contribution in [-0.2, 0) is 6.54 Å². The Kier molecular flexibility index (Phi) is 7.25. The van der Waals surface area contributed by atoms with Crippen LogP contribution in [0.2, 0.25) is 0 Å². The van der Waals surface area contributed by atoms with Gasteiger partial charge in [0.1, 0.15) is 16.9 Å². The molecular weight excluding hydrogens is 432 g/mol. The van der Waals surface area contributed by atoms with E-state index in [1.54, 1.807) is 24.5 Å². The van der Waals surface area contributed by atoms with Crippen LogP contribution in [0.3, 0.4) is 0 Å². The molecule has 33 heavy (non-hydrogen) atoms. The van der Waals surface area contributed by atoms with Crippen molar-refractivity contribution in [3.63, 3.8) is 0 Å².